The van der Waals surface area contributed by atoms with Crippen LogP contribution in [0.5, 0.6) is 0 Å². The minimum atomic E-state index is -0.0375. The van der Waals surface area contributed by atoms with Gasteiger partial charge in [-0.3, -0.25) is 4.79 Å². The van der Waals surface area contributed by atoms with Gasteiger partial charge >= 0.3 is 0 Å². The summed E-state index contributed by atoms with van der Waals surface area (Å²) >= 11 is 0. The van der Waals surface area contributed by atoms with Crippen LogP contribution in [0.3, 0.4) is 0 Å². The predicted octanol–water partition coefficient (Wildman–Crippen LogP) is 0.160. The smallest absolute Gasteiger partial charge is 0.250 e. The topological polar surface area (TPSA) is 57.2 Å². The maximum absolute atomic E-state index is 11.0. The van der Waals surface area contributed by atoms with Gasteiger partial charge in [0.1, 0.15) is 0 Å². The van der Waals surface area contributed by atoms with Crippen LogP contribution in [-0.4, -0.2) is 11.2 Å². The Kier molecular flexibility index (Phi) is 5.36. The lowest BCUT2D eigenvalue weighted by atomic mass is 10.5. The van der Waals surface area contributed by atoms with Gasteiger partial charge < -0.3 is 9.40 Å². The highest BCUT2D eigenvalue weighted by Gasteiger charge is 1.90. The van der Waals surface area contributed by atoms with E-state index in [9.17, 15) is 4.79 Å². The SMILES string of the molecule is Cl.NOCCn1ccccc1=O. The standard InChI is InChI=1S/C7H10N2O2.ClH/c8-11-6-5-9-4-2-1-3-7(9)10;/h1-4H,5-6,8H2;1H. The van der Waals surface area contributed by atoms with E-state index < -0.39 is 0 Å². The number of hydrogen-bond acceptors (Lipinski definition) is 3. The monoisotopic (exact) mass is 190 g/mol. The third-order valence-electron chi connectivity index (χ3n) is 1.35. The van der Waals surface area contributed by atoms with E-state index in [-0.39, 0.29) is 18.0 Å². The van der Waals surface area contributed by atoms with E-state index in [1.54, 1.807) is 18.3 Å². The fourth-order valence-electron chi connectivity index (χ4n) is 0.796. The fourth-order valence-corrected chi connectivity index (χ4v) is 0.796. The van der Waals surface area contributed by atoms with Crippen molar-refractivity contribution in [2.45, 2.75) is 6.54 Å². The molecule has 0 aliphatic heterocycles. The van der Waals surface area contributed by atoms with Crippen molar-refractivity contribution in [1.29, 1.82) is 0 Å². The van der Waals surface area contributed by atoms with Gasteiger partial charge in [0.25, 0.3) is 5.56 Å². The van der Waals surface area contributed by atoms with Gasteiger partial charge in [-0.05, 0) is 6.07 Å². The van der Waals surface area contributed by atoms with Crippen molar-refractivity contribution in [2.75, 3.05) is 6.61 Å². The van der Waals surface area contributed by atoms with E-state index >= 15 is 0 Å². The molecule has 0 fully saturated rings. The number of aromatic nitrogens is 1. The molecular formula is C7H11ClN2O2. The molecule has 0 bridgehead atoms. The molecule has 12 heavy (non-hydrogen) atoms. The zero-order valence-electron chi connectivity index (χ0n) is 6.47. The highest BCUT2D eigenvalue weighted by atomic mass is 35.5. The molecule has 0 unspecified atom stereocenters. The summed E-state index contributed by atoms with van der Waals surface area (Å²) in [5.41, 5.74) is -0.0375. The van der Waals surface area contributed by atoms with Gasteiger partial charge in [0.15, 0.2) is 0 Å². The number of rotatable bonds is 3. The Balaban J connectivity index is 0.00000121. The van der Waals surface area contributed by atoms with Gasteiger partial charge in [-0.25, -0.2) is 5.90 Å². The van der Waals surface area contributed by atoms with Crippen LogP contribution >= 0.6 is 12.4 Å². The largest absolute Gasteiger partial charge is 0.313 e. The van der Waals surface area contributed by atoms with E-state index in [4.69, 9.17) is 5.90 Å². The second kappa shape index (κ2) is 5.77. The Bertz CT molecular complexity index is 274. The van der Waals surface area contributed by atoms with E-state index in [2.05, 4.69) is 4.84 Å². The third-order valence-corrected chi connectivity index (χ3v) is 1.35. The highest BCUT2D eigenvalue weighted by Crippen LogP contribution is 1.80. The molecule has 68 valence electrons. The molecular weight excluding hydrogens is 180 g/mol. The molecule has 0 aliphatic carbocycles. The lowest BCUT2D eigenvalue weighted by Gasteiger charge is -2.01. The first-order chi connectivity index (χ1) is 5.34. The van der Waals surface area contributed by atoms with Gasteiger partial charge in [0, 0.05) is 12.3 Å². The van der Waals surface area contributed by atoms with Crippen molar-refractivity contribution in [1.82, 2.24) is 4.57 Å². The Morgan fingerprint density at radius 1 is 1.50 bits per heavy atom. The lowest BCUT2D eigenvalue weighted by Crippen LogP contribution is -2.21. The van der Waals surface area contributed by atoms with Crippen molar-refractivity contribution >= 4 is 12.4 Å². The number of nitrogens with zero attached hydrogens (tertiary/aromatic N) is 1. The first-order valence-corrected chi connectivity index (χ1v) is 3.32. The van der Waals surface area contributed by atoms with Crippen LogP contribution in [0.15, 0.2) is 29.2 Å². The molecule has 1 aromatic rings. The molecule has 0 spiro atoms. The van der Waals surface area contributed by atoms with E-state index in [0.29, 0.717) is 13.2 Å². The molecule has 5 heteroatoms. The maximum atomic E-state index is 11.0. The zero-order valence-corrected chi connectivity index (χ0v) is 7.29. The van der Waals surface area contributed by atoms with E-state index in [0.717, 1.165) is 0 Å². The molecule has 4 nitrogen and oxygen atoms in total. The van der Waals surface area contributed by atoms with Crippen LogP contribution in [0.4, 0.5) is 0 Å². The van der Waals surface area contributed by atoms with Crippen molar-refractivity contribution < 1.29 is 4.84 Å². The molecule has 0 aromatic carbocycles. The Labute approximate surface area is 76.3 Å². The predicted molar refractivity (Wildman–Crippen MR) is 48.1 cm³/mol. The second-order valence-electron chi connectivity index (χ2n) is 2.10. The first-order valence-electron chi connectivity index (χ1n) is 3.32. The molecule has 1 heterocycles. The van der Waals surface area contributed by atoms with Crippen molar-refractivity contribution in [3.8, 4) is 0 Å². The maximum Gasteiger partial charge on any atom is 0.250 e. The third kappa shape index (κ3) is 3.04. The summed E-state index contributed by atoms with van der Waals surface area (Å²) in [5.74, 6) is 4.81. The fraction of sp³-hybridized carbons (Fsp3) is 0.286. The Morgan fingerprint density at radius 3 is 2.83 bits per heavy atom. The van der Waals surface area contributed by atoms with Gasteiger partial charge in [0.05, 0.1) is 13.2 Å². The Hall–Kier alpha value is -0.840. The van der Waals surface area contributed by atoms with Crippen LogP contribution in [-0.2, 0) is 11.4 Å². The number of hydrogen-bond donors (Lipinski definition) is 1. The lowest BCUT2D eigenvalue weighted by molar-refractivity contribution is 0.129. The normalized spacial score (nSPS) is 9.08. The van der Waals surface area contributed by atoms with E-state index in [1.807, 2.05) is 0 Å². The average molecular weight is 191 g/mol. The molecule has 0 radical (unpaired) electrons. The van der Waals surface area contributed by atoms with Crippen molar-refractivity contribution in [3.63, 3.8) is 0 Å². The van der Waals surface area contributed by atoms with Gasteiger partial charge in [-0.2, -0.15) is 0 Å². The quantitative estimate of drug-likeness (QED) is 0.691. The molecule has 1 aromatic heterocycles. The zero-order chi connectivity index (χ0) is 8.10. The summed E-state index contributed by atoms with van der Waals surface area (Å²) in [7, 11) is 0. The Morgan fingerprint density at radius 2 is 2.25 bits per heavy atom. The highest BCUT2D eigenvalue weighted by molar-refractivity contribution is 5.85. The first kappa shape index (κ1) is 11.2. The average Bonchev–Trinajstić information content (AvgIpc) is 2.03. The summed E-state index contributed by atoms with van der Waals surface area (Å²) in [6.07, 6.45) is 1.70. The van der Waals surface area contributed by atoms with Crippen LogP contribution in [0, 0.1) is 0 Å². The summed E-state index contributed by atoms with van der Waals surface area (Å²) < 4.78 is 1.53. The number of halogens is 1. The van der Waals surface area contributed by atoms with Gasteiger partial charge in [-0.15, -0.1) is 12.4 Å². The minimum Gasteiger partial charge on any atom is -0.313 e. The molecule has 0 aliphatic rings. The van der Waals surface area contributed by atoms with Gasteiger partial charge in [-0.1, -0.05) is 6.07 Å². The molecule has 0 saturated heterocycles. The molecule has 0 saturated carbocycles. The van der Waals surface area contributed by atoms with Crippen LogP contribution in [0.1, 0.15) is 0 Å². The van der Waals surface area contributed by atoms with Crippen LogP contribution < -0.4 is 11.5 Å². The summed E-state index contributed by atoms with van der Waals surface area (Å²) in [6, 6.07) is 4.98. The summed E-state index contributed by atoms with van der Waals surface area (Å²) in [4.78, 5) is 15.3. The van der Waals surface area contributed by atoms with Crippen LogP contribution in [0.25, 0.3) is 0 Å². The second-order valence-corrected chi connectivity index (χ2v) is 2.10. The minimum absolute atomic E-state index is 0. The summed E-state index contributed by atoms with van der Waals surface area (Å²) in [6.45, 7) is 0.847. The molecule has 0 atom stereocenters. The van der Waals surface area contributed by atoms with Gasteiger partial charge in [0.2, 0.25) is 0 Å². The molecule has 1 rings (SSSR count). The molecule has 0 amide bonds. The number of nitrogens with two attached hydrogens (primary N) is 1. The van der Waals surface area contributed by atoms with Crippen molar-refractivity contribution in [3.05, 3.63) is 34.7 Å². The number of pyridine rings is 1. The molecule has 2 N–H and O–H groups in total. The van der Waals surface area contributed by atoms with Crippen molar-refractivity contribution in [2.24, 2.45) is 5.90 Å². The van der Waals surface area contributed by atoms with Crippen LogP contribution in [0.2, 0.25) is 0 Å². The summed E-state index contributed by atoms with van der Waals surface area (Å²) in [5, 5.41) is 0. The van der Waals surface area contributed by atoms with E-state index in [1.165, 1.54) is 10.6 Å².